The molecule has 19 heavy (non-hydrogen) atoms. The van der Waals surface area contributed by atoms with Gasteiger partial charge in [0.25, 0.3) is 0 Å². The minimum Gasteiger partial charge on any atom is -0.377 e. The van der Waals surface area contributed by atoms with Crippen LogP contribution >= 0.6 is 11.3 Å². The van der Waals surface area contributed by atoms with Crippen molar-refractivity contribution in [3.63, 3.8) is 0 Å². The summed E-state index contributed by atoms with van der Waals surface area (Å²) in [4.78, 5) is 0. The smallest absolute Gasteiger partial charge is 0.0834 e. The topological polar surface area (TPSA) is 21.3 Å². The van der Waals surface area contributed by atoms with Crippen LogP contribution in [0.25, 0.3) is 10.1 Å². The number of benzene rings is 1. The standard InChI is InChI=1S/C16H21NOS/c1-17-15(16(18-2)8-5-9-16)10-12-11-19-14-7-4-3-6-13(12)14/h3-4,6-7,11,15,17H,5,8-10H2,1-2H3. The molecule has 2 nitrogen and oxygen atoms in total. The Morgan fingerprint density at radius 3 is 2.79 bits per heavy atom. The molecule has 1 fully saturated rings. The van der Waals surface area contributed by atoms with Crippen LogP contribution in [0, 0.1) is 0 Å². The van der Waals surface area contributed by atoms with Crippen molar-refractivity contribution < 1.29 is 4.74 Å². The van der Waals surface area contributed by atoms with Crippen LogP contribution in [0.3, 0.4) is 0 Å². The molecule has 2 aromatic rings. The van der Waals surface area contributed by atoms with Crippen molar-refractivity contribution in [2.45, 2.75) is 37.3 Å². The SMILES string of the molecule is CNC(Cc1csc2ccccc12)C1(OC)CCC1. The monoisotopic (exact) mass is 275 g/mol. The molecular formula is C16H21NOS. The van der Waals surface area contributed by atoms with Gasteiger partial charge in [0.05, 0.1) is 5.60 Å². The van der Waals surface area contributed by atoms with Gasteiger partial charge in [-0.1, -0.05) is 18.2 Å². The van der Waals surface area contributed by atoms with E-state index in [1.54, 1.807) is 0 Å². The van der Waals surface area contributed by atoms with Gasteiger partial charge >= 0.3 is 0 Å². The Morgan fingerprint density at radius 1 is 1.37 bits per heavy atom. The van der Waals surface area contributed by atoms with Crippen molar-refractivity contribution in [2.75, 3.05) is 14.2 Å². The molecule has 0 bridgehead atoms. The first-order chi connectivity index (χ1) is 9.29. The molecule has 102 valence electrons. The van der Waals surface area contributed by atoms with E-state index < -0.39 is 0 Å². The van der Waals surface area contributed by atoms with Gasteiger partial charge in [0, 0.05) is 17.9 Å². The lowest BCUT2D eigenvalue weighted by Crippen LogP contribution is -2.56. The molecule has 0 radical (unpaired) electrons. The van der Waals surface area contributed by atoms with E-state index in [-0.39, 0.29) is 5.60 Å². The summed E-state index contributed by atoms with van der Waals surface area (Å²) in [6.45, 7) is 0. The van der Waals surface area contributed by atoms with Crippen LogP contribution in [-0.2, 0) is 11.2 Å². The Balaban J connectivity index is 1.86. The lowest BCUT2D eigenvalue weighted by Gasteiger charge is -2.46. The van der Waals surface area contributed by atoms with Crippen molar-refractivity contribution >= 4 is 21.4 Å². The minimum atomic E-state index is 0.0534. The van der Waals surface area contributed by atoms with Crippen LogP contribution in [0.4, 0.5) is 0 Å². The van der Waals surface area contributed by atoms with Crippen LogP contribution in [0.1, 0.15) is 24.8 Å². The molecule has 0 aliphatic heterocycles. The Bertz CT molecular complexity index is 553. The summed E-state index contributed by atoms with van der Waals surface area (Å²) in [5, 5.41) is 7.18. The van der Waals surface area contributed by atoms with E-state index in [0.717, 1.165) is 6.42 Å². The van der Waals surface area contributed by atoms with E-state index in [1.807, 2.05) is 18.4 Å². The van der Waals surface area contributed by atoms with Gasteiger partial charge in [-0.25, -0.2) is 0 Å². The number of hydrogen-bond donors (Lipinski definition) is 1. The van der Waals surface area contributed by atoms with Crippen molar-refractivity contribution in [1.82, 2.24) is 5.32 Å². The molecular weight excluding hydrogens is 254 g/mol. The number of thiophene rings is 1. The van der Waals surface area contributed by atoms with E-state index in [2.05, 4.69) is 42.0 Å². The van der Waals surface area contributed by atoms with Gasteiger partial charge in [-0.2, -0.15) is 0 Å². The minimum absolute atomic E-state index is 0.0534. The molecule has 1 saturated carbocycles. The second kappa shape index (κ2) is 5.23. The Hall–Kier alpha value is -0.900. The zero-order valence-corrected chi connectivity index (χ0v) is 12.4. The molecule has 1 aromatic heterocycles. The number of ether oxygens (including phenoxy) is 1. The van der Waals surface area contributed by atoms with Crippen LogP contribution in [0.2, 0.25) is 0 Å². The van der Waals surface area contributed by atoms with Gasteiger partial charge in [-0.05, 0) is 55.1 Å². The quantitative estimate of drug-likeness (QED) is 0.900. The van der Waals surface area contributed by atoms with E-state index in [0.29, 0.717) is 6.04 Å². The number of fused-ring (bicyclic) bond motifs is 1. The second-order valence-corrected chi connectivity index (χ2v) is 6.34. The van der Waals surface area contributed by atoms with E-state index in [1.165, 1.54) is 34.9 Å². The maximum atomic E-state index is 5.83. The lowest BCUT2D eigenvalue weighted by molar-refractivity contribution is -0.0965. The second-order valence-electron chi connectivity index (χ2n) is 5.42. The van der Waals surface area contributed by atoms with Crippen LogP contribution in [-0.4, -0.2) is 25.8 Å². The molecule has 3 rings (SSSR count). The Morgan fingerprint density at radius 2 is 2.16 bits per heavy atom. The van der Waals surface area contributed by atoms with E-state index >= 15 is 0 Å². The molecule has 1 atom stereocenters. The summed E-state index contributed by atoms with van der Waals surface area (Å²) in [7, 11) is 3.91. The van der Waals surface area contributed by atoms with Gasteiger partial charge in [0.2, 0.25) is 0 Å². The summed E-state index contributed by atoms with van der Waals surface area (Å²) in [6, 6.07) is 9.08. The zero-order chi connectivity index (χ0) is 13.3. The molecule has 0 saturated heterocycles. The highest BCUT2D eigenvalue weighted by atomic mass is 32.1. The first kappa shape index (κ1) is 13.1. The van der Waals surface area contributed by atoms with Crippen molar-refractivity contribution in [3.05, 3.63) is 35.2 Å². The number of nitrogens with one attached hydrogen (secondary N) is 1. The number of hydrogen-bond acceptors (Lipinski definition) is 3. The fraction of sp³-hybridized carbons (Fsp3) is 0.500. The van der Waals surface area contributed by atoms with Gasteiger partial charge in [-0.15, -0.1) is 11.3 Å². The van der Waals surface area contributed by atoms with Crippen LogP contribution in [0.15, 0.2) is 29.6 Å². The number of rotatable bonds is 5. The Labute approximate surface area is 118 Å². The van der Waals surface area contributed by atoms with Crippen molar-refractivity contribution in [1.29, 1.82) is 0 Å². The molecule has 1 N–H and O–H groups in total. The Kier molecular flexibility index (Phi) is 3.61. The largest absolute Gasteiger partial charge is 0.377 e. The molecule has 1 aromatic carbocycles. The third kappa shape index (κ3) is 2.20. The lowest BCUT2D eigenvalue weighted by atomic mass is 9.72. The average Bonchev–Trinajstić information content (AvgIpc) is 2.80. The molecule has 1 aliphatic rings. The normalized spacial score (nSPS) is 19.3. The number of likely N-dealkylation sites (N-methyl/N-ethyl adjacent to an activating group) is 1. The highest BCUT2D eigenvalue weighted by Crippen LogP contribution is 2.40. The van der Waals surface area contributed by atoms with Gasteiger partial charge in [-0.3, -0.25) is 0 Å². The van der Waals surface area contributed by atoms with Crippen molar-refractivity contribution in [3.8, 4) is 0 Å². The van der Waals surface area contributed by atoms with Gasteiger partial charge in [0.15, 0.2) is 0 Å². The first-order valence-electron chi connectivity index (χ1n) is 6.96. The molecule has 1 unspecified atom stereocenters. The molecule has 3 heteroatoms. The maximum Gasteiger partial charge on any atom is 0.0834 e. The molecule has 0 amide bonds. The molecule has 1 aliphatic carbocycles. The summed E-state index contributed by atoms with van der Waals surface area (Å²) >= 11 is 1.84. The van der Waals surface area contributed by atoms with Gasteiger partial charge in [0.1, 0.15) is 0 Å². The average molecular weight is 275 g/mol. The van der Waals surface area contributed by atoms with E-state index in [4.69, 9.17) is 4.74 Å². The molecule has 0 spiro atoms. The summed E-state index contributed by atoms with van der Waals surface area (Å²) in [5.41, 5.74) is 1.50. The van der Waals surface area contributed by atoms with Crippen LogP contribution in [0.5, 0.6) is 0 Å². The van der Waals surface area contributed by atoms with Gasteiger partial charge < -0.3 is 10.1 Å². The molecule has 1 heterocycles. The highest BCUT2D eigenvalue weighted by Gasteiger charge is 2.43. The zero-order valence-electron chi connectivity index (χ0n) is 11.6. The number of methoxy groups -OCH3 is 1. The summed E-state index contributed by atoms with van der Waals surface area (Å²) < 4.78 is 7.21. The van der Waals surface area contributed by atoms with E-state index in [9.17, 15) is 0 Å². The fourth-order valence-electron chi connectivity index (χ4n) is 3.18. The maximum absolute atomic E-state index is 5.83. The predicted octanol–water partition coefficient (Wildman–Crippen LogP) is 3.60. The third-order valence-electron chi connectivity index (χ3n) is 4.58. The fourth-order valence-corrected chi connectivity index (χ4v) is 4.16. The third-order valence-corrected chi connectivity index (χ3v) is 5.59. The van der Waals surface area contributed by atoms with Crippen molar-refractivity contribution in [2.24, 2.45) is 0 Å². The first-order valence-corrected chi connectivity index (χ1v) is 7.84. The predicted molar refractivity (Wildman–Crippen MR) is 82.0 cm³/mol. The van der Waals surface area contributed by atoms with Crippen LogP contribution < -0.4 is 5.32 Å². The summed E-state index contributed by atoms with van der Waals surface area (Å²) in [6.07, 6.45) is 4.69. The highest BCUT2D eigenvalue weighted by molar-refractivity contribution is 7.17. The summed E-state index contributed by atoms with van der Waals surface area (Å²) in [5.74, 6) is 0.